The zero-order chi connectivity index (χ0) is 26.6. The number of pyridine rings is 1. The van der Waals surface area contributed by atoms with Crippen LogP contribution in [0.1, 0.15) is 0 Å². The molecule has 0 unspecified atom stereocenters. The SMILES string of the molecule is C[Si](C)(C)CCOCn1cc(Br)c2c(Oc3c(F)cc(NC(=O)Oc4ccccc4)cc3F)ccnc21. The Bertz CT molecular complexity index is 1390. The second kappa shape index (κ2) is 11.4. The average Bonchev–Trinajstić information content (AvgIpc) is 3.15. The minimum atomic E-state index is -1.22. The lowest BCUT2D eigenvalue weighted by atomic mass is 10.2. The number of anilines is 1. The topological polar surface area (TPSA) is 74.6 Å². The number of carbonyl (C=O) groups is 1. The minimum absolute atomic E-state index is 0.119. The fourth-order valence-corrected chi connectivity index (χ4v) is 4.82. The first kappa shape index (κ1) is 26.8. The van der Waals surface area contributed by atoms with Crippen molar-refractivity contribution >= 4 is 46.8 Å². The standard InChI is InChI=1S/C26H26BrF2N3O4Si/c1-37(2,3)12-11-34-16-32-15-19(27)23-22(9-10-30-25(23)32)36-24-20(28)13-17(14-21(24)29)31-26(33)35-18-7-5-4-6-8-18/h4-10,13-15H,11-12,16H2,1-3H3,(H,31,33). The van der Waals surface area contributed by atoms with E-state index in [0.29, 0.717) is 27.9 Å². The van der Waals surface area contributed by atoms with E-state index in [4.69, 9.17) is 14.2 Å². The van der Waals surface area contributed by atoms with Gasteiger partial charge in [0.25, 0.3) is 0 Å². The van der Waals surface area contributed by atoms with E-state index >= 15 is 0 Å². The van der Waals surface area contributed by atoms with Crippen LogP contribution in [0.3, 0.4) is 0 Å². The summed E-state index contributed by atoms with van der Waals surface area (Å²) in [6.45, 7) is 7.76. The van der Waals surface area contributed by atoms with Gasteiger partial charge >= 0.3 is 6.09 Å². The van der Waals surface area contributed by atoms with Gasteiger partial charge < -0.3 is 18.8 Å². The summed E-state index contributed by atoms with van der Waals surface area (Å²) in [4.78, 5) is 16.5. The van der Waals surface area contributed by atoms with E-state index in [1.54, 1.807) is 41.1 Å². The number of carbonyl (C=O) groups excluding carboxylic acids is 1. The molecular formula is C26H26BrF2N3O4Si. The number of nitrogens with zero attached hydrogens (tertiary/aromatic N) is 2. The number of para-hydroxylation sites is 1. The molecule has 2 aromatic heterocycles. The molecule has 2 heterocycles. The third-order valence-corrected chi connectivity index (χ3v) is 7.62. The van der Waals surface area contributed by atoms with Crippen LogP contribution in [-0.2, 0) is 11.5 Å². The Morgan fingerprint density at radius 2 is 1.81 bits per heavy atom. The smallest absolute Gasteiger partial charge is 0.417 e. The van der Waals surface area contributed by atoms with Crippen molar-refractivity contribution in [3.05, 3.63) is 77.0 Å². The number of aromatic nitrogens is 2. The predicted octanol–water partition coefficient (Wildman–Crippen LogP) is 7.79. The molecule has 4 aromatic rings. The van der Waals surface area contributed by atoms with Gasteiger partial charge in [-0.05, 0) is 40.2 Å². The van der Waals surface area contributed by atoms with Gasteiger partial charge in [0.1, 0.15) is 23.9 Å². The summed E-state index contributed by atoms with van der Waals surface area (Å²) in [5.41, 5.74) is 0.422. The second-order valence-electron chi connectivity index (χ2n) is 9.50. The average molecular weight is 590 g/mol. The molecular weight excluding hydrogens is 564 g/mol. The number of fused-ring (bicyclic) bond motifs is 1. The Morgan fingerprint density at radius 1 is 1.11 bits per heavy atom. The number of halogens is 3. The van der Waals surface area contributed by atoms with Crippen LogP contribution in [0.2, 0.25) is 25.7 Å². The molecule has 0 aliphatic rings. The van der Waals surface area contributed by atoms with E-state index in [1.807, 2.05) is 0 Å². The van der Waals surface area contributed by atoms with E-state index in [-0.39, 0.29) is 18.2 Å². The molecule has 0 radical (unpaired) electrons. The molecule has 4 rings (SSSR count). The Balaban J connectivity index is 1.50. The van der Waals surface area contributed by atoms with Crippen LogP contribution in [0.25, 0.3) is 11.0 Å². The Hall–Kier alpha value is -3.28. The van der Waals surface area contributed by atoms with Crippen LogP contribution < -0.4 is 14.8 Å². The summed E-state index contributed by atoms with van der Waals surface area (Å²) in [6, 6.07) is 12.8. The minimum Gasteiger partial charge on any atom is -0.450 e. The molecule has 11 heteroatoms. The van der Waals surface area contributed by atoms with Gasteiger partial charge in [0.05, 0.1) is 11.1 Å². The van der Waals surface area contributed by atoms with Crippen molar-refractivity contribution < 1.29 is 27.8 Å². The summed E-state index contributed by atoms with van der Waals surface area (Å²) < 4.78 is 48.8. The highest BCUT2D eigenvalue weighted by Gasteiger charge is 2.20. The monoisotopic (exact) mass is 589 g/mol. The van der Waals surface area contributed by atoms with Crippen LogP contribution >= 0.6 is 15.9 Å². The van der Waals surface area contributed by atoms with Crippen LogP contribution in [0.4, 0.5) is 19.3 Å². The van der Waals surface area contributed by atoms with Crippen LogP contribution in [-0.4, -0.2) is 30.3 Å². The lowest BCUT2D eigenvalue weighted by molar-refractivity contribution is 0.0898. The van der Waals surface area contributed by atoms with E-state index in [0.717, 1.165) is 18.2 Å². The van der Waals surface area contributed by atoms with Crippen molar-refractivity contribution in [2.45, 2.75) is 32.4 Å². The molecule has 1 amide bonds. The van der Waals surface area contributed by atoms with Crippen molar-refractivity contribution in [3.8, 4) is 17.2 Å². The van der Waals surface area contributed by atoms with E-state index in [9.17, 15) is 13.6 Å². The number of hydrogen-bond donors (Lipinski definition) is 1. The Labute approximate surface area is 222 Å². The Kier molecular flexibility index (Phi) is 8.25. The molecule has 0 aliphatic heterocycles. The van der Waals surface area contributed by atoms with Gasteiger partial charge in [-0.25, -0.2) is 18.6 Å². The Morgan fingerprint density at radius 3 is 2.49 bits per heavy atom. The van der Waals surface area contributed by atoms with Crippen LogP contribution in [0, 0.1) is 11.6 Å². The molecule has 0 bridgehead atoms. The second-order valence-corrected chi connectivity index (χ2v) is 16.0. The molecule has 37 heavy (non-hydrogen) atoms. The molecule has 7 nitrogen and oxygen atoms in total. The van der Waals surface area contributed by atoms with Gasteiger partial charge in [-0.2, -0.15) is 0 Å². The van der Waals surface area contributed by atoms with Crippen molar-refractivity contribution in [1.82, 2.24) is 9.55 Å². The lowest BCUT2D eigenvalue weighted by Crippen LogP contribution is -2.22. The third kappa shape index (κ3) is 6.94. The summed E-state index contributed by atoms with van der Waals surface area (Å²) in [7, 11) is -1.22. The molecule has 0 atom stereocenters. The summed E-state index contributed by atoms with van der Waals surface area (Å²) in [6.07, 6.45) is 2.40. The highest BCUT2D eigenvalue weighted by atomic mass is 79.9. The molecule has 2 aromatic carbocycles. The molecule has 0 saturated heterocycles. The van der Waals surface area contributed by atoms with Crippen LogP contribution in [0.15, 0.2) is 65.4 Å². The molecule has 0 fully saturated rings. The molecule has 0 aliphatic carbocycles. The molecule has 0 spiro atoms. The number of amides is 1. The van der Waals surface area contributed by atoms with Gasteiger partial charge in [0.2, 0.25) is 0 Å². The maximum absolute atomic E-state index is 14.9. The van der Waals surface area contributed by atoms with Crippen molar-refractivity contribution in [3.63, 3.8) is 0 Å². The van der Waals surface area contributed by atoms with Crippen molar-refractivity contribution in [1.29, 1.82) is 0 Å². The van der Waals surface area contributed by atoms with E-state index < -0.39 is 31.6 Å². The van der Waals surface area contributed by atoms with E-state index in [2.05, 4.69) is 45.9 Å². The number of benzene rings is 2. The first-order chi connectivity index (χ1) is 17.6. The summed E-state index contributed by atoms with van der Waals surface area (Å²) in [5.74, 6) is -2.10. The molecule has 194 valence electrons. The first-order valence-corrected chi connectivity index (χ1v) is 16.0. The number of ether oxygens (including phenoxy) is 3. The summed E-state index contributed by atoms with van der Waals surface area (Å²) >= 11 is 3.49. The van der Waals surface area contributed by atoms with E-state index in [1.165, 1.54) is 12.3 Å². The fourth-order valence-electron chi connectivity index (χ4n) is 3.44. The first-order valence-electron chi connectivity index (χ1n) is 11.5. The normalized spacial score (nSPS) is 11.5. The van der Waals surface area contributed by atoms with Gasteiger partial charge in [-0.15, -0.1) is 0 Å². The molecule has 1 N–H and O–H groups in total. The molecule has 0 saturated carbocycles. The number of hydrogen-bond acceptors (Lipinski definition) is 5. The number of nitrogens with one attached hydrogen (secondary N) is 1. The van der Waals surface area contributed by atoms with Gasteiger partial charge in [0.15, 0.2) is 17.4 Å². The third-order valence-electron chi connectivity index (χ3n) is 5.31. The van der Waals surface area contributed by atoms with Crippen molar-refractivity contribution in [2.75, 3.05) is 11.9 Å². The van der Waals surface area contributed by atoms with Gasteiger partial charge in [0, 0.05) is 43.7 Å². The fraction of sp³-hybridized carbons (Fsp3) is 0.231. The van der Waals surface area contributed by atoms with Crippen LogP contribution in [0.5, 0.6) is 17.2 Å². The quantitative estimate of drug-likeness (QED) is 0.159. The van der Waals surface area contributed by atoms with Gasteiger partial charge in [-0.1, -0.05) is 37.8 Å². The lowest BCUT2D eigenvalue weighted by Gasteiger charge is -2.15. The highest BCUT2D eigenvalue weighted by Crippen LogP contribution is 2.37. The predicted molar refractivity (Wildman–Crippen MR) is 144 cm³/mol. The highest BCUT2D eigenvalue weighted by molar-refractivity contribution is 9.10. The maximum Gasteiger partial charge on any atom is 0.417 e. The maximum atomic E-state index is 14.9. The zero-order valence-electron chi connectivity index (χ0n) is 20.6. The number of rotatable bonds is 9. The summed E-state index contributed by atoms with van der Waals surface area (Å²) in [5, 5.41) is 2.85. The van der Waals surface area contributed by atoms with Gasteiger partial charge in [-0.3, -0.25) is 5.32 Å². The van der Waals surface area contributed by atoms with Crippen molar-refractivity contribution in [2.24, 2.45) is 0 Å². The largest absolute Gasteiger partial charge is 0.450 e. The zero-order valence-corrected chi connectivity index (χ0v) is 23.1.